The lowest BCUT2D eigenvalue weighted by Crippen LogP contribution is -2.36. The van der Waals surface area contributed by atoms with Gasteiger partial charge in [0.25, 0.3) is 11.8 Å². The molecule has 0 spiro atoms. The molecule has 128 valence electrons. The summed E-state index contributed by atoms with van der Waals surface area (Å²) in [6.07, 6.45) is 0.856. The van der Waals surface area contributed by atoms with Gasteiger partial charge in [-0.3, -0.25) is 4.79 Å². The number of hydrogen-bond donors (Lipinski definition) is 1. The van der Waals surface area contributed by atoms with Crippen molar-refractivity contribution in [3.8, 4) is 5.88 Å². The quantitative estimate of drug-likeness (QED) is 0.860. The van der Waals surface area contributed by atoms with Crippen LogP contribution >= 0.6 is 11.7 Å². The van der Waals surface area contributed by atoms with E-state index in [0.29, 0.717) is 24.9 Å². The number of aryl methyl sites for hydroxylation is 1. The maximum atomic E-state index is 12.1. The molecule has 1 aromatic carbocycles. The Morgan fingerprint density at radius 2 is 2.12 bits per heavy atom. The monoisotopic (exact) mass is 348 g/mol. The van der Waals surface area contributed by atoms with Crippen LogP contribution < -0.4 is 15.0 Å². The molecule has 0 unspecified atom stereocenters. The summed E-state index contributed by atoms with van der Waals surface area (Å²) in [7, 11) is 0. The second-order valence-electron chi connectivity index (χ2n) is 5.34. The zero-order chi connectivity index (χ0) is 16.8. The Bertz CT molecular complexity index is 685. The molecule has 1 aliphatic heterocycles. The number of morpholine rings is 1. The van der Waals surface area contributed by atoms with Crippen LogP contribution in [0.5, 0.6) is 5.88 Å². The predicted octanol–water partition coefficient (Wildman–Crippen LogP) is 1.95. The zero-order valence-corrected chi connectivity index (χ0v) is 14.3. The van der Waals surface area contributed by atoms with Gasteiger partial charge in [0.1, 0.15) is 0 Å². The van der Waals surface area contributed by atoms with Crippen molar-refractivity contribution in [2.75, 3.05) is 43.1 Å². The van der Waals surface area contributed by atoms with Crippen molar-refractivity contribution >= 4 is 29.1 Å². The van der Waals surface area contributed by atoms with Crippen LogP contribution in [0.25, 0.3) is 0 Å². The molecule has 1 amide bonds. The SMILES string of the molecule is CCc1ccccc1NC(=O)COc1nsnc1N1CCOCC1. The summed E-state index contributed by atoms with van der Waals surface area (Å²) >= 11 is 1.08. The highest BCUT2D eigenvalue weighted by Gasteiger charge is 2.20. The van der Waals surface area contributed by atoms with Crippen LogP contribution in [-0.4, -0.2) is 47.6 Å². The van der Waals surface area contributed by atoms with Gasteiger partial charge in [-0.2, -0.15) is 4.37 Å². The zero-order valence-electron chi connectivity index (χ0n) is 13.5. The third-order valence-corrected chi connectivity index (χ3v) is 4.27. The number of para-hydroxylation sites is 1. The molecule has 7 nitrogen and oxygen atoms in total. The third kappa shape index (κ3) is 4.01. The average molecular weight is 348 g/mol. The number of hydrogen-bond acceptors (Lipinski definition) is 7. The van der Waals surface area contributed by atoms with E-state index >= 15 is 0 Å². The molecule has 0 bridgehead atoms. The van der Waals surface area contributed by atoms with Crippen LogP contribution in [0.15, 0.2) is 24.3 Å². The molecule has 1 saturated heterocycles. The maximum absolute atomic E-state index is 12.1. The summed E-state index contributed by atoms with van der Waals surface area (Å²) in [6, 6.07) is 7.74. The second-order valence-corrected chi connectivity index (χ2v) is 5.87. The lowest BCUT2D eigenvalue weighted by atomic mass is 10.1. The van der Waals surface area contributed by atoms with E-state index in [-0.39, 0.29) is 12.5 Å². The first-order chi connectivity index (χ1) is 11.8. The highest BCUT2D eigenvalue weighted by atomic mass is 32.1. The van der Waals surface area contributed by atoms with Crippen LogP contribution in [0.3, 0.4) is 0 Å². The number of amides is 1. The van der Waals surface area contributed by atoms with E-state index in [1.807, 2.05) is 24.3 Å². The number of rotatable bonds is 6. The van der Waals surface area contributed by atoms with Crippen LogP contribution in [0.1, 0.15) is 12.5 Å². The predicted molar refractivity (Wildman–Crippen MR) is 92.9 cm³/mol. The van der Waals surface area contributed by atoms with E-state index in [9.17, 15) is 4.79 Å². The molecular weight excluding hydrogens is 328 g/mol. The first kappa shape index (κ1) is 16.7. The standard InChI is InChI=1S/C16H20N4O3S/c1-2-12-5-3-4-6-13(12)17-14(21)11-23-16-15(18-24-19-16)20-7-9-22-10-8-20/h3-6H,2,7-11H2,1H3,(H,17,21). The van der Waals surface area contributed by atoms with Crippen LogP contribution in [0, 0.1) is 0 Å². The second kappa shape index (κ2) is 8.07. The lowest BCUT2D eigenvalue weighted by molar-refractivity contribution is -0.118. The first-order valence-corrected chi connectivity index (χ1v) is 8.66. The molecule has 2 heterocycles. The highest BCUT2D eigenvalue weighted by molar-refractivity contribution is 6.99. The van der Waals surface area contributed by atoms with Crippen molar-refractivity contribution in [2.45, 2.75) is 13.3 Å². The van der Waals surface area contributed by atoms with Crippen molar-refractivity contribution in [3.63, 3.8) is 0 Å². The highest BCUT2D eigenvalue weighted by Crippen LogP contribution is 2.26. The molecule has 24 heavy (non-hydrogen) atoms. The van der Waals surface area contributed by atoms with E-state index < -0.39 is 0 Å². The number of nitrogens with one attached hydrogen (secondary N) is 1. The minimum atomic E-state index is -0.211. The summed E-state index contributed by atoms with van der Waals surface area (Å²) in [5.74, 6) is 0.878. The summed E-state index contributed by atoms with van der Waals surface area (Å²) in [6.45, 7) is 4.77. The minimum Gasteiger partial charge on any atom is -0.464 e. The lowest BCUT2D eigenvalue weighted by Gasteiger charge is -2.26. The molecule has 3 rings (SSSR count). The number of aromatic nitrogens is 2. The number of ether oxygens (including phenoxy) is 2. The van der Waals surface area contributed by atoms with Gasteiger partial charge >= 0.3 is 0 Å². The number of carbonyl (C=O) groups is 1. The summed E-state index contributed by atoms with van der Waals surface area (Å²) < 4.78 is 19.3. The molecule has 1 aromatic heterocycles. The van der Waals surface area contributed by atoms with Crippen LogP contribution in [0.2, 0.25) is 0 Å². The molecule has 0 aliphatic carbocycles. The van der Waals surface area contributed by atoms with Gasteiger partial charge in [0.2, 0.25) is 5.82 Å². The molecule has 1 fully saturated rings. The largest absolute Gasteiger partial charge is 0.464 e. The Labute approximate surface area is 144 Å². The van der Waals surface area contributed by atoms with Gasteiger partial charge in [0.15, 0.2) is 6.61 Å². The third-order valence-electron chi connectivity index (χ3n) is 3.77. The van der Waals surface area contributed by atoms with Gasteiger partial charge < -0.3 is 19.7 Å². The van der Waals surface area contributed by atoms with Gasteiger partial charge in [-0.15, -0.1) is 4.37 Å². The molecule has 2 aromatic rings. The van der Waals surface area contributed by atoms with E-state index in [1.54, 1.807) is 0 Å². The van der Waals surface area contributed by atoms with Crippen molar-refractivity contribution in [1.82, 2.24) is 8.75 Å². The first-order valence-electron chi connectivity index (χ1n) is 7.93. The number of nitrogens with zero attached hydrogens (tertiary/aromatic N) is 3. The molecule has 0 saturated carbocycles. The Morgan fingerprint density at radius 3 is 2.92 bits per heavy atom. The topological polar surface area (TPSA) is 76.6 Å². The molecular formula is C16H20N4O3S. The Balaban J connectivity index is 1.58. The fourth-order valence-electron chi connectivity index (χ4n) is 2.51. The van der Waals surface area contributed by atoms with Crippen LogP contribution in [0.4, 0.5) is 11.5 Å². The molecule has 8 heteroatoms. The minimum absolute atomic E-state index is 0.0964. The Hall–Kier alpha value is -2.19. The Morgan fingerprint density at radius 1 is 1.33 bits per heavy atom. The van der Waals surface area contributed by atoms with E-state index in [2.05, 4.69) is 25.9 Å². The van der Waals surface area contributed by atoms with Gasteiger partial charge in [-0.25, -0.2) is 0 Å². The normalized spacial score (nSPS) is 14.5. The number of carbonyl (C=O) groups excluding carboxylic acids is 1. The summed E-state index contributed by atoms with van der Waals surface area (Å²) in [5.41, 5.74) is 1.91. The molecule has 1 N–H and O–H groups in total. The van der Waals surface area contributed by atoms with E-state index in [4.69, 9.17) is 9.47 Å². The van der Waals surface area contributed by atoms with Crippen molar-refractivity contribution in [2.24, 2.45) is 0 Å². The number of benzene rings is 1. The Kier molecular flexibility index (Phi) is 5.60. The van der Waals surface area contributed by atoms with Crippen molar-refractivity contribution < 1.29 is 14.3 Å². The van der Waals surface area contributed by atoms with Crippen molar-refractivity contribution in [1.29, 1.82) is 0 Å². The molecule has 0 atom stereocenters. The van der Waals surface area contributed by atoms with Crippen molar-refractivity contribution in [3.05, 3.63) is 29.8 Å². The molecule has 0 radical (unpaired) electrons. The van der Waals surface area contributed by atoms with Crippen LogP contribution in [-0.2, 0) is 16.0 Å². The van der Waals surface area contributed by atoms with Gasteiger partial charge in [-0.1, -0.05) is 25.1 Å². The van der Waals surface area contributed by atoms with E-state index in [1.165, 1.54) is 0 Å². The average Bonchev–Trinajstić information content (AvgIpc) is 3.10. The molecule has 1 aliphatic rings. The van der Waals surface area contributed by atoms with Gasteiger partial charge in [0.05, 0.1) is 24.9 Å². The smallest absolute Gasteiger partial charge is 0.271 e. The summed E-state index contributed by atoms with van der Waals surface area (Å²) in [4.78, 5) is 14.2. The van der Waals surface area contributed by atoms with Gasteiger partial charge in [0, 0.05) is 18.8 Å². The maximum Gasteiger partial charge on any atom is 0.271 e. The number of anilines is 2. The fraction of sp³-hybridized carbons (Fsp3) is 0.438. The summed E-state index contributed by atoms with van der Waals surface area (Å²) in [5, 5.41) is 2.88. The fourth-order valence-corrected chi connectivity index (χ4v) is 3.03. The van der Waals surface area contributed by atoms with Gasteiger partial charge in [-0.05, 0) is 18.1 Å². The van der Waals surface area contributed by atoms with E-state index in [0.717, 1.165) is 42.5 Å².